The van der Waals surface area contributed by atoms with Gasteiger partial charge in [0.1, 0.15) is 0 Å². The summed E-state index contributed by atoms with van der Waals surface area (Å²) in [6, 6.07) is 6.19. The number of carbonyl (C=O) groups is 2. The van der Waals surface area contributed by atoms with Gasteiger partial charge >= 0.3 is 0 Å². The molecule has 2 aliphatic rings. The van der Waals surface area contributed by atoms with Crippen LogP contribution in [0.4, 0.5) is 5.69 Å². The lowest BCUT2D eigenvalue weighted by Gasteiger charge is -2.31. The Kier molecular flexibility index (Phi) is 3.29. The number of ketones is 1. The number of non-ortho nitro benzene ring substituents is 1. The van der Waals surface area contributed by atoms with Crippen molar-refractivity contribution in [2.24, 2.45) is 0 Å². The fourth-order valence-corrected chi connectivity index (χ4v) is 3.04. The Labute approximate surface area is 121 Å². The molecule has 1 heterocycles. The molecule has 1 N–H and O–H groups in total. The molecule has 108 valence electrons. The van der Waals surface area contributed by atoms with Crippen LogP contribution in [0.5, 0.6) is 0 Å². The molecule has 1 unspecified atom stereocenters. The highest BCUT2D eigenvalue weighted by molar-refractivity contribution is 6.01. The summed E-state index contributed by atoms with van der Waals surface area (Å²) in [5.74, 6) is -0.478. The van der Waals surface area contributed by atoms with Crippen LogP contribution < -0.4 is 5.32 Å². The van der Waals surface area contributed by atoms with E-state index >= 15 is 0 Å². The second kappa shape index (κ2) is 5.12. The van der Waals surface area contributed by atoms with Crippen molar-refractivity contribution in [3.05, 3.63) is 51.2 Å². The lowest BCUT2D eigenvalue weighted by Crippen LogP contribution is -2.36. The summed E-state index contributed by atoms with van der Waals surface area (Å²) < 4.78 is 0. The number of amides is 1. The first-order valence-electron chi connectivity index (χ1n) is 6.86. The minimum absolute atomic E-state index is 0.0242. The maximum Gasteiger partial charge on any atom is 0.269 e. The van der Waals surface area contributed by atoms with Crippen LogP contribution in [0.2, 0.25) is 0 Å². The normalized spacial score (nSPS) is 21.8. The number of rotatable bonds is 2. The smallest absolute Gasteiger partial charge is 0.269 e. The maximum absolute atomic E-state index is 12.2. The molecule has 0 saturated heterocycles. The Morgan fingerprint density at radius 2 is 2.05 bits per heavy atom. The molecule has 1 atom stereocenters. The number of nitro benzene ring substituents is 1. The van der Waals surface area contributed by atoms with E-state index in [9.17, 15) is 19.7 Å². The molecule has 1 aliphatic heterocycles. The summed E-state index contributed by atoms with van der Waals surface area (Å²) in [4.78, 5) is 34.5. The SMILES string of the molecule is O=C1CC(c2cccc([N+](=O)[O-])c2)C2=C(CCCC2=O)N1. The first-order valence-corrected chi connectivity index (χ1v) is 6.86. The minimum Gasteiger partial charge on any atom is -0.329 e. The molecular formula is C15H14N2O4. The molecule has 21 heavy (non-hydrogen) atoms. The number of nitrogens with zero attached hydrogens (tertiary/aromatic N) is 1. The number of allylic oxidation sites excluding steroid dienone is 2. The van der Waals surface area contributed by atoms with E-state index in [4.69, 9.17) is 0 Å². The van der Waals surface area contributed by atoms with Gasteiger partial charge in [-0.25, -0.2) is 0 Å². The van der Waals surface area contributed by atoms with E-state index in [1.54, 1.807) is 12.1 Å². The van der Waals surface area contributed by atoms with Gasteiger partial charge in [0.15, 0.2) is 5.78 Å². The van der Waals surface area contributed by atoms with Crippen molar-refractivity contribution in [2.45, 2.75) is 31.6 Å². The summed E-state index contributed by atoms with van der Waals surface area (Å²) in [6.07, 6.45) is 2.05. The monoisotopic (exact) mass is 286 g/mol. The summed E-state index contributed by atoms with van der Waals surface area (Å²) in [7, 11) is 0. The molecule has 6 nitrogen and oxygen atoms in total. The maximum atomic E-state index is 12.2. The molecule has 0 bridgehead atoms. The fraction of sp³-hybridized carbons (Fsp3) is 0.333. The van der Waals surface area contributed by atoms with Crippen LogP contribution >= 0.6 is 0 Å². The molecule has 0 saturated carbocycles. The van der Waals surface area contributed by atoms with Crippen LogP contribution in [-0.2, 0) is 9.59 Å². The van der Waals surface area contributed by atoms with Gasteiger partial charge in [0, 0.05) is 42.2 Å². The van der Waals surface area contributed by atoms with Gasteiger partial charge in [-0.3, -0.25) is 19.7 Å². The van der Waals surface area contributed by atoms with Crippen molar-refractivity contribution in [2.75, 3.05) is 0 Å². The van der Waals surface area contributed by atoms with Gasteiger partial charge in [0.25, 0.3) is 5.69 Å². The largest absolute Gasteiger partial charge is 0.329 e. The van der Waals surface area contributed by atoms with Crippen molar-refractivity contribution in [1.82, 2.24) is 5.32 Å². The van der Waals surface area contributed by atoms with Gasteiger partial charge < -0.3 is 5.32 Å². The van der Waals surface area contributed by atoms with Crippen molar-refractivity contribution >= 4 is 17.4 Å². The number of carbonyl (C=O) groups excluding carboxylic acids is 2. The lowest BCUT2D eigenvalue weighted by atomic mass is 9.78. The van der Waals surface area contributed by atoms with Gasteiger partial charge in [0.2, 0.25) is 5.91 Å². The second-order valence-corrected chi connectivity index (χ2v) is 5.33. The Morgan fingerprint density at radius 1 is 1.24 bits per heavy atom. The van der Waals surface area contributed by atoms with Gasteiger partial charge in [-0.1, -0.05) is 12.1 Å². The fourth-order valence-electron chi connectivity index (χ4n) is 3.04. The molecule has 0 aromatic heterocycles. The lowest BCUT2D eigenvalue weighted by molar-refractivity contribution is -0.384. The van der Waals surface area contributed by atoms with Crippen LogP contribution in [-0.4, -0.2) is 16.6 Å². The summed E-state index contributed by atoms with van der Waals surface area (Å²) >= 11 is 0. The zero-order valence-electron chi connectivity index (χ0n) is 11.3. The van der Waals surface area contributed by atoms with Crippen molar-refractivity contribution < 1.29 is 14.5 Å². The minimum atomic E-state index is -0.468. The van der Waals surface area contributed by atoms with E-state index in [0.717, 1.165) is 6.42 Å². The number of hydrogen-bond donors (Lipinski definition) is 1. The number of nitro groups is 1. The van der Waals surface area contributed by atoms with E-state index in [1.165, 1.54) is 12.1 Å². The molecule has 1 aromatic rings. The summed E-state index contributed by atoms with van der Waals surface area (Å²) in [5.41, 5.74) is 1.95. The third kappa shape index (κ3) is 2.44. The summed E-state index contributed by atoms with van der Waals surface area (Å²) in [5, 5.41) is 13.7. The number of Topliss-reactive ketones (excluding diaryl/α,β-unsaturated/α-hetero) is 1. The molecule has 6 heteroatoms. The highest BCUT2D eigenvalue weighted by atomic mass is 16.6. The Hall–Kier alpha value is -2.50. The molecule has 0 radical (unpaired) electrons. The van der Waals surface area contributed by atoms with Crippen LogP contribution in [0.1, 0.15) is 37.2 Å². The zero-order valence-corrected chi connectivity index (χ0v) is 11.3. The third-order valence-corrected chi connectivity index (χ3v) is 3.97. The van der Waals surface area contributed by atoms with Gasteiger partial charge in [0.05, 0.1) is 4.92 Å². The Bertz CT molecular complexity index is 678. The predicted molar refractivity (Wildman–Crippen MR) is 74.5 cm³/mol. The van der Waals surface area contributed by atoms with Crippen LogP contribution in [0, 0.1) is 10.1 Å². The first-order chi connectivity index (χ1) is 10.1. The van der Waals surface area contributed by atoms with E-state index in [1.807, 2.05) is 0 Å². The standard InChI is InChI=1S/C15H14N2O4/c18-13-6-2-5-12-15(13)11(8-14(19)16-12)9-3-1-4-10(7-9)17(20)21/h1,3-4,7,11H,2,5-6,8H2,(H,16,19). The van der Waals surface area contributed by atoms with Crippen LogP contribution in [0.25, 0.3) is 0 Å². The molecule has 1 aromatic carbocycles. The van der Waals surface area contributed by atoms with Crippen LogP contribution in [0.15, 0.2) is 35.5 Å². The average Bonchev–Trinajstić information content (AvgIpc) is 2.46. The Morgan fingerprint density at radius 3 is 2.81 bits per heavy atom. The number of hydrogen-bond acceptors (Lipinski definition) is 4. The second-order valence-electron chi connectivity index (χ2n) is 5.33. The van der Waals surface area contributed by atoms with Gasteiger partial charge in [-0.2, -0.15) is 0 Å². The number of benzene rings is 1. The Balaban J connectivity index is 2.07. The van der Waals surface area contributed by atoms with Crippen molar-refractivity contribution in [3.63, 3.8) is 0 Å². The van der Waals surface area contributed by atoms with E-state index in [0.29, 0.717) is 29.7 Å². The number of nitrogens with one attached hydrogen (secondary N) is 1. The average molecular weight is 286 g/mol. The van der Waals surface area contributed by atoms with Gasteiger partial charge in [-0.15, -0.1) is 0 Å². The van der Waals surface area contributed by atoms with E-state index < -0.39 is 4.92 Å². The molecular weight excluding hydrogens is 272 g/mol. The zero-order chi connectivity index (χ0) is 15.0. The van der Waals surface area contributed by atoms with Crippen LogP contribution in [0.3, 0.4) is 0 Å². The highest BCUT2D eigenvalue weighted by Gasteiger charge is 2.35. The molecule has 1 aliphatic carbocycles. The third-order valence-electron chi connectivity index (χ3n) is 3.97. The molecule has 0 fully saturated rings. The van der Waals surface area contributed by atoms with E-state index in [2.05, 4.69) is 5.32 Å². The van der Waals surface area contributed by atoms with Gasteiger partial charge in [-0.05, 0) is 18.4 Å². The molecule has 1 amide bonds. The first kappa shape index (κ1) is 13.5. The predicted octanol–water partition coefficient (Wildman–Crippen LogP) is 2.21. The topological polar surface area (TPSA) is 89.3 Å². The highest BCUT2D eigenvalue weighted by Crippen LogP contribution is 2.38. The summed E-state index contributed by atoms with van der Waals surface area (Å²) in [6.45, 7) is 0. The van der Waals surface area contributed by atoms with E-state index in [-0.39, 0.29) is 29.7 Å². The molecule has 0 spiro atoms. The van der Waals surface area contributed by atoms with Crippen molar-refractivity contribution in [3.8, 4) is 0 Å². The quantitative estimate of drug-likeness (QED) is 0.666. The van der Waals surface area contributed by atoms with Crippen molar-refractivity contribution in [1.29, 1.82) is 0 Å². The molecule has 3 rings (SSSR count).